The number of carboxylic acid groups (broad SMARTS) is 1. The van der Waals surface area contributed by atoms with Crippen molar-refractivity contribution in [2.75, 3.05) is 6.54 Å². The van der Waals surface area contributed by atoms with Crippen molar-refractivity contribution in [1.29, 1.82) is 0 Å². The first kappa shape index (κ1) is 15.7. The Morgan fingerprint density at radius 1 is 1.24 bits per heavy atom. The van der Waals surface area contributed by atoms with Crippen molar-refractivity contribution < 1.29 is 14.7 Å². The number of hydrogen-bond donors (Lipinski definition) is 3. The molecule has 0 aliphatic carbocycles. The highest BCUT2D eigenvalue weighted by atomic mass is 16.4. The van der Waals surface area contributed by atoms with Gasteiger partial charge in [0.05, 0.1) is 5.92 Å². The molecule has 0 heterocycles. The van der Waals surface area contributed by atoms with E-state index >= 15 is 0 Å². The van der Waals surface area contributed by atoms with E-state index < -0.39 is 11.9 Å². The van der Waals surface area contributed by atoms with E-state index in [-0.39, 0.29) is 18.6 Å². The van der Waals surface area contributed by atoms with Gasteiger partial charge in [-0.05, 0) is 25.7 Å². The fourth-order valence-electron chi connectivity index (χ4n) is 1.43. The number of rotatable bonds is 7. The second kappa shape index (κ2) is 7.92. The molecule has 2 amide bonds. The summed E-state index contributed by atoms with van der Waals surface area (Å²) in [6.45, 7) is 7.99. The molecule has 0 radical (unpaired) electrons. The summed E-state index contributed by atoms with van der Waals surface area (Å²) in [5, 5.41) is 14.3. The Labute approximate surface area is 103 Å². The molecule has 5 nitrogen and oxygen atoms in total. The molecule has 2 atom stereocenters. The zero-order chi connectivity index (χ0) is 13.4. The second-order valence-corrected chi connectivity index (χ2v) is 4.83. The minimum atomic E-state index is -0.859. The molecule has 0 rings (SSSR count). The molecule has 0 aromatic carbocycles. The maximum Gasteiger partial charge on any atom is 0.315 e. The first-order chi connectivity index (χ1) is 7.86. The molecule has 0 bridgehead atoms. The van der Waals surface area contributed by atoms with Crippen LogP contribution in [-0.2, 0) is 4.79 Å². The van der Waals surface area contributed by atoms with E-state index in [1.807, 2.05) is 27.7 Å². The van der Waals surface area contributed by atoms with Crippen LogP contribution in [0, 0.1) is 11.8 Å². The summed E-state index contributed by atoms with van der Waals surface area (Å²) >= 11 is 0. The third-order valence-corrected chi connectivity index (χ3v) is 2.60. The second-order valence-electron chi connectivity index (χ2n) is 4.83. The van der Waals surface area contributed by atoms with Crippen LogP contribution >= 0.6 is 0 Å². The molecule has 0 saturated heterocycles. The molecule has 3 N–H and O–H groups in total. The number of urea groups is 1. The molecule has 0 fully saturated rings. The van der Waals surface area contributed by atoms with Gasteiger partial charge in [0.25, 0.3) is 0 Å². The number of hydrogen-bond acceptors (Lipinski definition) is 2. The minimum Gasteiger partial charge on any atom is -0.481 e. The van der Waals surface area contributed by atoms with Gasteiger partial charge in [-0.2, -0.15) is 0 Å². The number of carbonyl (C=O) groups excluding carboxylic acids is 1. The molecule has 0 saturated carbocycles. The Kier molecular flexibility index (Phi) is 7.34. The molecule has 0 aromatic rings. The highest BCUT2D eigenvalue weighted by Gasteiger charge is 2.19. The van der Waals surface area contributed by atoms with Gasteiger partial charge in [-0.15, -0.1) is 0 Å². The van der Waals surface area contributed by atoms with Crippen LogP contribution in [0.4, 0.5) is 4.79 Å². The Balaban J connectivity index is 4.04. The predicted octanol–water partition coefficient (Wildman–Crippen LogP) is 1.83. The van der Waals surface area contributed by atoms with Crippen molar-refractivity contribution in [3.63, 3.8) is 0 Å². The van der Waals surface area contributed by atoms with Crippen LogP contribution in [0.5, 0.6) is 0 Å². The standard InChI is InChI=1S/C12H24N2O3/c1-5-9(4)14-12(17)13-7-10(11(15)16)6-8(2)3/h8-10H,5-7H2,1-4H3,(H,15,16)(H2,13,14,17). The lowest BCUT2D eigenvalue weighted by atomic mass is 9.97. The molecule has 0 aromatic heterocycles. The third kappa shape index (κ3) is 7.60. The van der Waals surface area contributed by atoms with Crippen LogP contribution in [0.3, 0.4) is 0 Å². The van der Waals surface area contributed by atoms with Crippen molar-refractivity contribution in [1.82, 2.24) is 10.6 Å². The summed E-state index contributed by atoms with van der Waals surface area (Å²) in [4.78, 5) is 22.4. The first-order valence-electron chi connectivity index (χ1n) is 6.13. The Morgan fingerprint density at radius 2 is 1.82 bits per heavy atom. The van der Waals surface area contributed by atoms with E-state index in [0.29, 0.717) is 12.3 Å². The van der Waals surface area contributed by atoms with Crippen molar-refractivity contribution in [2.45, 2.75) is 46.6 Å². The van der Waals surface area contributed by atoms with Crippen molar-refractivity contribution in [2.24, 2.45) is 11.8 Å². The smallest absolute Gasteiger partial charge is 0.315 e. The fourth-order valence-corrected chi connectivity index (χ4v) is 1.43. The van der Waals surface area contributed by atoms with E-state index in [4.69, 9.17) is 5.11 Å². The quantitative estimate of drug-likeness (QED) is 0.639. The average molecular weight is 244 g/mol. The first-order valence-corrected chi connectivity index (χ1v) is 6.13. The number of nitrogens with one attached hydrogen (secondary N) is 2. The zero-order valence-electron chi connectivity index (χ0n) is 11.1. The Morgan fingerprint density at radius 3 is 2.24 bits per heavy atom. The lowest BCUT2D eigenvalue weighted by Crippen LogP contribution is -2.43. The zero-order valence-corrected chi connectivity index (χ0v) is 11.1. The van der Waals surface area contributed by atoms with Crippen LogP contribution in [0.15, 0.2) is 0 Å². The van der Waals surface area contributed by atoms with E-state index in [2.05, 4.69) is 10.6 Å². The van der Waals surface area contributed by atoms with Gasteiger partial charge in [0, 0.05) is 12.6 Å². The number of carboxylic acids is 1. The summed E-state index contributed by atoms with van der Waals surface area (Å²) in [5.41, 5.74) is 0. The predicted molar refractivity (Wildman–Crippen MR) is 66.9 cm³/mol. The summed E-state index contributed by atoms with van der Waals surface area (Å²) in [5.74, 6) is -1.07. The summed E-state index contributed by atoms with van der Waals surface area (Å²) in [6, 6.07) is -0.197. The Hall–Kier alpha value is -1.26. The number of aliphatic carboxylic acids is 1. The molecule has 2 unspecified atom stereocenters. The largest absolute Gasteiger partial charge is 0.481 e. The maximum atomic E-state index is 11.4. The average Bonchev–Trinajstić information content (AvgIpc) is 2.23. The molecule has 5 heteroatoms. The van der Waals surface area contributed by atoms with E-state index in [9.17, 15) is 9.59 Å². The maximum absolute atomic E-state index is 11.4. The topological polar surface area (TPSA) is 78.4 Å². The van der Waals surface area contributed by atoms with Crippen LogP contribution in [0.2, 0.25) is 0 Å². The normalized spacial score (nSPS) is 14.2. The third-order valence-electron chi connectivity index (χ3n) is 2.60. The van der Waals surface area contributed by atoms with Crippen LogP contribution in [0.25, 0.3) is 0 Å². The van der Waals surface area contributed by atoms with Crippen molar-refractivity contribution in [3.8, 4) is 0 Å². The lowest BCUT2D eigenvalue weighted by Gasteiger charge is -2.17. The van der Waals surface area contributed by atoms with Crippen LogP contribution in [-0.4, -0.2) is 29.7 Å². The molecule has 0 aliphatic heterocycles. The lowest BCUT2D eigenvalue weighted by molar-refractivity contribution is -0.142. The molecule has 100 valence electrons. The van der Waals surface area contributed by atoms with Gasteiger partial charge in [0.2, 0.25) is 0 Å². The van der Waals surface area contributed by atoms with Gasteiger partial charge >= 0.3 is 12.0 Å². The summed E-state index contributed by atoms with van der Waals surface area (Å²) < 4.78 is 0. The summed E-state index contributed by atoms with van der Waals surface area (Å²) in [6.07, 6.45) is 1.42. The van der Waals surface area contributed by atoms with Crippen LogP contribution in [0.1, 0.15) is 40.5 Å². The highest BCUT2D eigenvalue weighted by Crippen LogP contribution is 2.10. The molecular weight excluding hydrogens is 220 g/mol. The molecule has 17 heavy (non-hydrogen) atoms. The Bertz CT molecular complexity index is 254. The van der Waals surface area contributed by atoms with E-state index in [0.717, 1.165) is 6.42 Å². The van der Waals surface area contributed by atoms with Gasteiger partial charge in [-0.1, -0.05) is 20.8 Å². The van der Waals surface area contributed by atoms with E-state index in [1.54, 1.807) is 0 Å². The monoisotopic (exact) mass is 244 g/mol. The van der Waals surface area contributed by atoms with Gasteiger partial charge in [0.1, 0.15) is 0 Å². The van der Waals surface area contributed by atoms with Gasteiger partial charge in [-0.3, -0.25) is 4.79 Å². The molecule has 0 aliphatic rings. The number of carbonyl (C=O) groups is 2. The van der Waals surface area contributed by atoms with E-state index in [1.165, 1.54) is 0 Å². The fraction of sp³-hybridized carbons (Fsp3) is 0.833. The van der Waals surface area contributed by atoms with Gasteiger partial charge in [-0.25, -0.2) is 4.79 Å². The number of amides is 2. The van der Waals surface area contributed by atoms with Crippen molar-refractivity contribution >= 4 is 12.0 Å². The van der Waals surface area contributed by atoms with Gasteiger partial charge in [0.15, 0.2) is 0 Å². The minimum absolute atomic E-state index is 0.100. The SMILES string of the molecule is CCC(C)NC(=O)NCC(CC(C)C)C(=O)O. The summed E-state index contributed by atoms with van der Waals surface area (Å²) in [7, 11) is 0. The highest BCUT2D eigenvalue weighted by molar-refractivity contribution is 5.76. The van der Waals surface area contributed by atoms with Crippen molar-refractivity contribution in [3.05, 3.63) is 0 Å². The van der Waals surface area contributed by atoms with Crippen LogP contribution < -0.4 is 10.6 Å². The molecular formula is C12H24N2O3. The molecule has 0 spiro atoms. The van der Waals surface area contributed by atoms with Gasteiger partial charge < -0.3 is 15.7 Å².